The highest BCUT2D eigenvalue weighted by Crippen LogP contribution is 2.20. The van der Waals surface area contributed by atoms with Gasteiger partial charge in [-0.3, -0.25) is 0 Å². The highest BCUT2D eigenvalue weighted by atomic mass is 16.3. The molecule has 0 aliphatic heterocycles. The third-order valence-corrected chi connectivity index (χ3v) is 3.57. The van der Waals surface area contributed by atoms with Crippen molar-refractivity contribution in [3.8, 4) is 0 Å². The molecule has 2 aromatic rings. The van der Waals surface area contributed by atoms with Crippen LogP contribution in [-0.2, 0) is 12.8 Å². The standard InChI is InChI=1S/C18H22O/c1-3-15-5-4-6-17(13-15)18(19)12-11-16-9-7-14(2)8-10-16/h4-10,13,18-19H,3,11-12H2,1-2H3. The van der Waals surface area contributed by atoms with Gasteiger partial charge in [0.15, 0.2) is 0 Å². The van der Waals surface area contributed by atoms with Gasteiger partial charge in [-0.2, -0.15) is 0 Å². The van der Waals surface area contributed by atoms with Gasteiger partial charge in [0, 0.05) is 0 Å². The Kier molecular flexibility index (Phi) is 4.75. The molecule has 0 fully saturated rings. The monoisotopic (exact) mass is 254 g/mol. The van der Waals surface area contributed by atoms with Crippen LogP contribution in [0, 0.1) is 6.92 Å². The first-order valence-corrected chi connectivity index (χ1v) is 7.01. The second kappa shape index (κ2) is 6.53. The molecule has 0 amide bonds. The van der Waals surface area contributed by atoms with E-state index in [2.05, 4.69) is 50.2 Å². The zero-order valence-electron chi connectivity index (χ0n) is 11.8. The van der Waals surface area contributed by atoms with Crippen LogP contribution in [0.3, 0.4) is 0 Å². The Balaban J connectivity index is 1.96. The number of aliphatic hydroxyl groups is 1. The van der Waals surface area contributed by atoms with Gasteiger partial charge in [-0.15, -0.1) is 0 Å². The van der Waals surface area contributed by atoms with E-state index in [9.17, 15) is 5.11 Å². The Labute approximate surface area is 115 Å². The Morgan fingerprint density at radius 3 is 2.42 bits per heavy atom. The zero-order chi connectivity index (χ0) is 13.7. The molecule has 0 heterocycles. The van der Waals surface area contributed by atoms with Gasteiger partial charge >= 0.3 is 0 Å². The molecule has 1 heteroatoms. The van der Waals surface area contributed by atoms with Gasteiger partial charge in [0.1, 0.15) is 0 Å². The number of benzene rings is 2. The third kappa shape index (κ3) is 3.93. The molecule has 0 saturated heterocycles. The average molecular weight is 254 g/mol. The fourth-order valence-corrected chi connectivity index (χ4v) is 2.25. The van der Waals surface area contributed by atoms with Gasteiger partial charge in [0.2, 0.25) is 0 Å². The van der Waals surface area contributed by atoms with Crippen LogP contribution in [0.1, 0.15) is 41.7 Å². The van der Waals surface area contributed by atoms with Gasteiger partial charge in [0.25, 0.3) is 0 Å². The zero-order valence-corrected chi connectivity index (χ0v) is 11.8. The van der Waals surface area contributed by atoms with Gasteiger partial charge in [0.05, 0.1) is 6.10 Å². The van der Waals surface area contributed by atoms with E-state index in [-0.39, 0.29) is 6.10 Å². The Bertz CT molecular complexity index is 513. The molecule has 0 aliphatic carbocycles. The largest absolute Gasteiger partial charge is 0.388 e. The average Bonchev–Trinajstić information content (AvgIpc) is 2.46. The number of hydrogen-bond donors (Lipinski definition) is 1. The van der Waals surface area contributed by atoms with Gasteiger partial charge < -0.3 is 5.11 Å². The fourth-order valence-electron chi connectivity index (χ4n) is 2.25. The molecule has 0 aromatic heterocycles. The topological polar surface area (TPSA) is 20.2 Å². The maximum atomic E-state index is 10.3. The van der Waals surface area contributed by atoms with Crippen molar-refractivity contribution in [2.24, 2.45) is 0 Å². The van der Waals surface area contributed by atoms with E-state index in [1.54, 1.807) is 0 Å². The molecule has 1 N–H and O–H groups in total. The lowest BCUT2D eigenvalue weighted by Gasteiger charge is -2.12. The van der Waals surface area contributed by atoms with Crippen molar-refractivity contribution in [1.82, 2.24) is 0 Å². The predicted octanol–water partition coefficient (Wildman–Crippen LogP) is 4.22. The lowest BCUT2D eigenvalue weighted by Crippen LogP contribution is -2.00. The third-order valence-electron chi connectivity index (χ3n) is 3.57. The highest BCUT2D eigenvalue weighted by molar-refractivity contribution is 5.26. The van der Waals surface area contributed by atoms with Crippen LogP contribution in [0.2, 0.25) is 0 Å². The first-order valence-electron chi connectivity index (χ1n) is 7.01. The van der Waals surface area contributed by atoms with E-state index in [1.165, 1.54) is 16.7 Å². The van der Waals surface area contributed by atoms with Crippen LogP contribution in [0.15, 0.2) is 48.5 Å². The van der Waals surface area contributed by atoms with Gasteiger partial charge in [-0.25, -0.2) is 0 Å². The Morgan fingerprint density at radius 1 is 1.00 bits per heavy atom. The number of aryl methyl sites for hydroxylation is 3. The van der Waals surface area contributed by atoms with Crippen molar-refractivity contribution in [3.05, 3.63) is 70.8 Å². The summed E-state index contributed by atoms with van der Waals surface area (Å²) < 4.78 is 0. The normalized spacial score (nSPS) is 12.4. The molecule has 1 nitrogen and oxygen atoms in total. The molecule has 2 aromatic carbocycles. The van der Waals surface area contributed by atoms with Crippen molar-refractivity contribution < 1.29 is 5.11 Å². The van der Waals surface area contributed by atoms with Crippen LogP contribution in [0.5, 0.6) is 0 Å². The van der Waals surface area contributed by atoms with E-state index >= 15 is 0 Å². The summed E-state index contributed by atoms with van der Waals surface area (Å²) in [6.07, 6.45) is 2.33. The summed E-state index contributed by atoms with van der Waals surface area (Å²) in [5.74, 6) is 0. The summed E-state index contributed by atoms with van der Waals surface area (Å²) >= 11 is 0. The highest BCUT2D eigenvalue weighted by Gasteiger charge is 2.08. The summed E-state index contributed by atoms with van der Waals surface area (Å²) in [5, 5.41) is 10.3. The maximum absolute atomic E-state index is 10.3. The molecule has 1 atom stereocenters. The number of hydrogen-bond acceptors (Lipinski definition) is 1. The smallest absolute Gasteiger partial charge is 0.0793 e. The van der Waals surface area contributed by atoms with Gasteiger partial charge in [-0.05, 0) is 42.9 Å². The quantitative estimate of drug-likeness (QED) is 0.847. The Hall–Kier alpha value is -1.60. The van der Waals surface area contributed by atoms with E-state index in [0.29, 0.717) is 0 Å². The molecule has 0 bridgehead atoms. The first-order chi connectivity index (χ1) is 9.19. The van der Waals surface area contributed by atoms with Crippen molar-refractivity contribution in [2.75, 3.05) is 0 Å². The lowest BCUT2D eigenvalue weighted by atomic mass is 9.99. The van der Waals surface area contributed by atoms with Crippen LogP contribution < -0.4 is 0 Å². The summed E-state index contributed by atoms with van der Waals surface area (Å²) in [7, 11) is 0. The van der Waals surface area contributed by atoms with Crippen molar-refractivity contribution in [1.29, 1.82) is 0 Å². The van der Waals surface area contributed by atoms with Crippen molar-refractivity contribution in [3.63, 3.8) is 0 Å². The molecular weight excluding hydrogens is 232 g/mol. The molecule has 19 heavy (non-hydrogen) atoms. The molecule has 1 unspecified atom stereocenters. The Morgan fingerprint density at radius 2 is 1.74 bits per heavy atom. The molecule has 0 radical (unpaired) electrons. The summed E-state index contributed by atoms with van der Waals surface area (Å²) in [6, 6.07) is 16.8. The maximum Gasteiger partial charge on any atom is 0.0793 e. The minimum atomic E-state index is -0.368. The fraction of sp³-hybridized carbons (Fsp3) is 0.333. The molecule has 0 aliphatic rings. The summed E-state index contributed by atoms with van der Waals surface area (Å²) in [6.45, 7) is 4.23. The molecular formula is C18H22O. The van der Waals surface area contributed by atoms with Crippen LogP contribution >= 0.6 is 0 Å². The minimum Gasteiger partial charge on any atom is -0.388 e. The van der Waals surface area contributed by atoms with E-state index < -0.39 is 0 Å². The minimum absolute atomic E-state index is 0.368. The lowest BCUT2D eigenvalue weighted by molar-refractivity contribution is 0.168. The predicted molar refractivity (Wildman–Crippen MR) is 80.3 cm³/mol. The summed E-state index contributed by atoms with van der Waals surface area (Å²) in [4.78, 5) is 0. The number of aliphatic hydroxyl groups excluding tert-OH is 1. The van der Waals surface area contributed by atoms with E-state index in [4.69, 9.17) is 0 Å². The molecule has 0 spiro atoms. The second-order valence-electron chi connectivity index (χ2n) is 5.14. The van der Waals surface area contributed by atoms with Crippen molar-refractivity contribution in [2.45, 2.75) is 39.2 Å². The van der Waals surface area contributed by atoms with Crippen molar-refractivity contribution >= 4 is 0 Å². The number of rotatable bonds is 5. The summed E-state index contributed by atoms with van der Waals surface area (Å²) in [5.41, 5.74) is 4.88. The SMILES string of the molecule is CCc1cccc(C(O)CCc2ccc(C)cc2)c1. The molecule has 0 saturated carbocycles. The van der Waals surface area contributed by atoms with E-state index in [0.717, 1.165) is 24.8 Å². The molecule has 100 valence electrons. The second-order valence-corrected chi connectivity index (χ2v) is 5.14. The van der Waals surface area contributed by atoms with Crippen LogP contribution in [-0.4, -0.2) is 5.11 Å². The molecule has 2 rings (SSSR count). The van der Waals surface area contributed by atoms with Crippen LogP contribution in [0.25, 0.3) is 0 Å². The van der Waals surface area contributed by atoms with E-state index in [1.807, 2.05) is 12.1 Å². The first kappa shape index (κ1) is 13.8. The van der Waals surface area contributed by atoms with Crippen LogP contribution in [0.4, 0.5) is 0 Å². The van der Waals surface area contributed by atoms with Gasteiger partial charge in [-0.1, -0.05) is 61.0 Å².